The number of ether oxygens (including phenoxy) is 2. The summed E-state index contributed by atoms with van der Waals surface area (Å²) in [6.45, 7) is 4.44. The fourth-order valence-corrected chi connectivity index (χ4v) is 7.29. The molecule has 4 aromatic rings. The molecule has 4 aliphatic heterocycles. The quantitative estimate of drug-likeness (QED) is 0.228. The van der Waals surface area contributed by atoms with Crippen LogP contribution in [0.1, 0.15) is 40.7 Å². The highest BCUT2D eigenvalue weighted by Gasteiger charge is 2.39. The second-order valence-corrected chi connectivity index (χ2v) is 13.1. The lowest BCUT2D eigenvalue weighted by Gasteiger charge is -2.40. The zero-order valence-electron chi connectivity index (χ0n) is 27.4. The van der Waals surface area contributed by atoms with Crippen LogP contribution in [0.3, 0.4) is 0 Å². The summed E-state index contributed by atoms with van der Waals surface area (Å²) in [4.78, 5) is 63.4. The minimum absolute atomic E-state index is 0.179. The van der Waals surface area contributed by atoms with Crippen molar-refractivity contribution in [3.05, 3.63) is 75.8 Å². The molecule has 1 unspecified atom stereocenters. The summed E-state index contributed by atoms with van der Waals surface area (Å²) >= 11 is 0. The van der Waals surface area contributed by atoms with Gasteiger partial charge in [-0.05, 0) is 54.3 Å². The fourth-order valence-electron chi connectivity index (χ4n) is 7.29. The lowest BCUT2D eigenvalue weighted by molar-refractivity contribution is -0.136. The van der Waals surface area contributed by atoms with E-state index in [9.17, 15) is 19.2 Å². The second kappa shape index (κ2) is 12.2. The zero-order chi connectivity index (χ0) is 33.8. The number of amides is 3. The number of pyridine rings is 2. The van der Waals surface area contributed by atoms with E-state index in [-0.39, 0.29) is 29.8 Å². The number of nitrogens with one attached hydrogen (secondary N) is 3. The predicted octanol–water partition coefficient (Wildman–Crippen LogP) is 2.87. The minimum Gasteiger partial charge on any atom is -0.496 e. The first-order valence-electron chi connectivity index (χ1n) is 16.6. The molecule has 8 rings (SSSR count). The molecular weight excluding hydrogens is 626 g/mol. The molecule has 0 spiro atoms. The lowest BCUT2D eigenvalue weighted by atomic mass is 9.98. The topological polar surface area (TPSA) is 149 Å². The van der Waals surface area contributed by atoms with Gasteiger partial charge in [0, 0.05) is 80.3 Å². The van der Waals surface area contributed by atoms with Crippen molar-refractivity contribution in [2.24, 2.45) is 0 Å². The number of nitrogens with zero attached hydrogens (tertiary/aromatic N) is 4. The molecule has 3 fully saturated rings. The molecule has 0 aliphatic carbocycles. The van der Waals surface area contributed by atoms with Gasteiger partial charge in [-0.25, -0.2) is 4.98 Å². The van der Waals surface area contributed by atoms with Crippen molar-refractivity contribution in [2.45, 2.75) is 44.4 Å². The lowest BCUT2D eigenvalue weighted by Crippen LogP contribution is -2.54. The Bertz CT molecular complexity index is 2040. The van der Waals surface area contributed by atoms with Gasteiger partial charge < -0.3 is 29.6 Å². The molecule has 6 heterocycles. The first-order valence-corrected chi connectivity index (χ1v) is 16.6. The van der Waals surface area contributed by atoms with Crippen LogP contribution in [0.4, 0.5) is 11.5 Å². The maximum Gasteiger partial charge on any atom is 0.257 e. The van der Waals surface area contributed by atoms with Crippen LogP contribution in [0.5, 0.6) is 11.5 Å². The van der Waals surface area contributed by atoms with Crippen LogP contribution in [0.2, 0.25) is 0 Å². The number of aromatic amines is 1. The minimum atomic E-state index is -0.631. The Labute approximate surface area is 282 Å². The summed E-state index contributed by atoms with van der Waals surface area (Å²) in [5.41, 5.74) is 4.79. The van der Waals surface area contributed by atoms with Crippen LogP contribution in [0, 0.1) is 0 Å². The normalized spacial score (nSPS) is 19.4. The van der Waals surface area contributed by atoms with Gasteiger partial charge in [-0.3, -0.25) is 29.4 Å². The van der Waals surface area contributed by atoms with Crippen molar-refractivity contribution in [1.29, 1.82) is 0 Å². The average Bonchev–Trinajstić information content (AvgIpc) is 3.38. The van der Waals surface area contributed by atoms with Crippen LogP contribution in [0.25, 0.3) is 21.9 Å². The van der Waals surface area contributed by atoms with Gasteiger partial charge in [0.05, 0.1) is 31.2 Å². The number of likely N-dealkylation sites (tertiary alicyclic amines) is 1. The van der Waals surface area contributed by atoms with Gasteiger partial charge in [-0.15, -0.1) is 0 Å². The number of piperidine rings is 1. The number of hydrogen-bond donors (Lipinski definition) is 3. The number of H-pyrrole nitrogens is 1. The Morgan fingerprint density at radius 3 is 2.43 bits per heavy atom. The SMILES string of the molecule is COc1cc(-c2c[nH]c(=O)c3cnc(N4CCC4)cc23)cc(OC)c1CN1CC(Nc2ccc3c(c2)C(=O)N(C2CCC(=O)NC2=O)C3)C1. The molecule has 3 amide bonds. The monoisotopic (exact) mass is 663 g/mol. The Balaban J connectivity index is 0.960. The number of anilines is 2. The second-order valence-electron chi connectivity index (χ2n) is 13.1. The van der Waals surface area contributed by atoms with Crippen molar-refractivity contribution in [2.75, 3.05) is 50.6 Å². The van der Waals surface area contributed by atoms with Gasteiger partial charge in [-0.1, -0.05) is 6.07 Å². The smallest absolute Gasteiger partial charge is 0.257 e. The third kappa shape index (κ3) is 5.53. The van der Waals surface area contributed by atoms with Crippen molar-refractivity contribution in [1.82, 2.24) is 25.1 Å². The molecule has 2 aromatic heterocycles. The van der Waals surface area contributed by atoms with Crippen LogP contribution < -0.4 is 30.6 Å². The number of benzene rings is 2. The molecule has 13 nitrogen and oxygen atoms in total. The van der Waals surface area contributed by atoms with E-state index in [4.69, 9.17) is 9.47 Å². The molecule has 4 aliphatic rings. The van der Waals surface area contributed by atoms with Crippen LogP contribution >= 0.6 is 0 Å². The number of hydrogen-bond acceptors (Lipinski definition) is 10. The van der Waals surface area contributed by atoms with Gasteiger partial charge in [0.2, 0.25) is 11.8 Å². The maximum atomic E-state index is 13.3. The highest BCUT2D eigenvalue weighted by Crippen LogP contribution is 2.39. The molecule has 3 saturated heterocycles. The number of fused-ring (bicyclic) bond motifs is 2. The van der Waals surface area contributed by atoms with Crippen molar-refractivity contribution in [3.8, 4) is 22.6 Å². The largest absolute Gasteiger partial charge is 0.496 e. The van der Waals surface area contributed by atoms with Gasteiger partial charge in [0.25, 0.3) is 11.5 Å². The zero-order valence-corrected chi connectivity index (χ0v) is 27.4. The van der Waals surface area contributed by atoms with E-state index >= 15 is 0 Å². The van der Waals surface area contributed by atoms with E-state index in [0.717, 1.165) is 71.7 Å². The first kappa shape index (κ1) is 30.9. The molecule has 252 valence electrons. The molecule has 0 radical (unpaired) electrons. The molecule has 2 aromatic carbocycles. The Hall–Kier alpha value is -5.43. The van der Waals surface area contributed by atoms with Gasteiger partial charge >= 0.3 is 0 Å². The molecule has 3 N–H and O–H groups in total. The van der Waals surface area contributed by atoms with E-state index < -0.39 is 11.9 Å². The summed E-state index contributed by atoms with van der Waals surface area (Å²) in [5.74, 6) is 1.36. The van der Waals surface area contributed by atoms with E-state index in [1.54, 1.807) is 31.5 Å². The third-order valence-electron chi connectivity index (χ3n) is 10.1. The summed E-state index contributed by atoms with van der Waals surface area (Å²) in [7, 11) is 3.30. The number of imide groups is 1. The molecule has 49 heavy (non-hydrogen) atoms. The van der Waals surface area contributed by atoms with E-state index in [1.807, 2.05) is 36.4 Å². The average molecular weight is 664 g/mol. The van der Waals surface area contributed by atoms with Crippen LogP contribution in [-0.2, 0) is 22.7 Å². The van der Waals surface area contributed by atoms with Crippen molar-refractivity contribution >= 4 is 40.0 Å². The summed E-state index contributed by atoms with van der Waals surface area (Å²) < 4.78 is 11.8. The first-order chi connectivity index (χ1) is 23.8. The maximum absolute atomic E-state index is 13.3. The highest BCUT2D eigenvalue weighted by molar-refractivity contribution is 6.05. The fraction of sp³-hybridized carbons (Fsp3) is 0.361. The number of rotatable bonds is 9. The third-order valence-corrected chi connectivity index (χ3v) is 10.1. The van der Waals surface area contributed by atoms with E-state index in [2.05, 4.69) is 30.4 Å². The summed E-state index contributed by atoms with van der Waals surface area (Å²) in [6, 6.07) is 11.3. The van der Waals surface area contributed by atoms with Crippen LogP contribution in [-0.4, -0.2) is 90.0 Å². The number of methoxy groups -OCH3 is 2. The Kier molecular flexibility index (Phi) is 7.70. The molecule has 0 bridgehead atoms. The van der Waals surface area contributed by atoms with Crippen LogP contribution in [0.15, 0.2) is 53.6 Å². The standard InChI is InChI=1S/C36H37N7O6/c1-48-30-10-21(26-14-38-34(45)27-15-37-32(13-25(26)27)42-8-3-9-42)11-31(49-2)28(30)19-41-17-23(18-41)39-22-5-4-20-16-43(36(47)24(20)12-22)29-6-7-33(44)40-35(29)46/h4-5,10-15,23,29,39H,3,6-9,16-19H2,1-2H3,(H,38,45)(H,40,44,46). The van der Waals surface area contributed by atoms with Crippen molar-refractivity contribution in [3.63, 3.8) is 0 Å². The number of aromatic nitrogens is 2. The highest BCUT2D eigenvalue weighted by atomic mass is 16.5. The van der Waals surface area contributed by atoms with E-state index in [0.29, 0.717) is 42.0 Å². The number of carbonyl (C=O) groups excluding carboxylic acids is 3. The summed E-state index contributed by atoms with van der Waals surface area (Å²) in [6.07, 6.45) is 5.09. The van der Waals surface area contributed by atoms with Gasteiger partial charge in [0.15, 0.2) is 0 Å². The Morgan fingerprint density at radius 2 is 1.73 bits per heavy atom. The molecule has 13 heteroatoms. The summed E-state index contributed by atoms with van der Waals surface area (Å²) in [5, 5.41) is 7.25. The van der Waals surface area contributed by atoms with Gasteiger partial charge in [0.1, 0.15) is 23.4 Å². The Morgan fingerprint density at radius 1 is 0.959 bits per heavy atom. The predicted molar refractivity (Wildman–Crippen MR) is 183 cm³/mol. The number of carbonyl (C=O) groups is 3. The molecule has 1 atom stereocenters. The molecule has 0 saturated carbocycles. The molecular formula is C36H37N7O6. The van der Waals surface area contributed by atoms with Gasteiger partial charge in [-0.2, -0.15) is 0 Å². The van der Waals surface area contributed by atoms with Crippen molar-refractivity contribution < 1.29 is 23.9 Å². The van der Waals surface area contributed by atoms with E-state index in [1.165, 1.54) is 0 Å².